The fourth-order valence-corrected chi connectivity index (χ4v) is 2.63. The molecule has 0 aliphatic carbocycles. The molecule has 0 aliphatic rings. The first-order chi connectivity index (χ1) is 11.0. The van der Waals surface area contributed by atoms with E-state index in [0.717, 1.165) is 0 Å². The monoisotopic (exact) mass is 327 g/mol. The molecule has 1 heterocycles. The summed E-state index contributed by atoms with van der Waals surface area (Å²) in [4.78, 5) is 12.5. The highest BCUT2D eigenvalue weighted by Gasteiger charge is 2.19. The Morgan fingerprint density at radius 1 is 1.22 bits per heavy atom. The van der Waals surface area contributed by atoms with Crippen molar-refractivity contribution in [1.29, 1.82) is 5.41 Å². The van der Waals surface area contributed by atoms with Crippen molar-refractivity contribution in [2.24, 2.45) is 7.05 Å². The number of aromatic nitrogens is 1. The van der Waals surface area contributed by atoms with Gasteiger partial charge in [0.15, 0.2) is 0 Å². The summed E-state index contributed by atoms with van der Waals surface area (Å²) in [7, 11) is 1.66. The Balaban J connectivity index is 2.17. The van der Waals surface area contributed by atoms with Crippen molar-refractivity contribution in [3.8, 4) is 5.75 Å². The molecule has 0 aliphatic heterocycles. The third-order valence-corrected chi connectivity index (χ3v) is 3.88. The van der Waals surface area contributed by atoms with E-state index in [4.69, 9.17) is 17.0 Å². The molecule has 0 spiro atoms. The lowest BCUT2D eigenvalue weighted by molar-refractivity contribution is 0.102. The zero-order valence-corrected chi connectivity index (χ0v) is 13.1. The molecule has 0 fully saturated rings. The molecular formula is C17H14ClN3O2. The van der Waals surface area contributed by atoms with Crippen molar-refractivity contribution in [3.63, 3.8) is 0 Å². The number of benzene rings is 2. The Morgan fingerprint density at radius 3 is 2.61 bits per heavy atom. The molecule has 0 atom stereocenters. The average Bonchev–Trinajstić information content (AvgIpc) is 2.54. The number of para-hydroxylation sites is 1. The highest BCUT2D eigenvalue weighted by Crippen LogP contribution is 2.28. The number of carbonyl (C=O) groups excluding carboxylic acids is 1. The first kappa shape index (κ1) is 15.1. The summed E-state index contributed by atoms with van der Waals surface area (Å²) in [5.74, 6) is -0.796. The number of halogens is 1. The van der Waals surface area contributed by atoms with Crippen LogP contribution >= 0.6 is 11.6 Å². The number of anilines is 1. The Labute approximate surface area is 137 Å². The predicted octanol–water partition coefficient (Wildman–Crippen LogP) is 3.27. The minimum Gasteiger partial charge on any atom is -0.506 e. The summed E-state index contributed by atoms with van der Waals surface area (Å²) in [5, 5.41) is 22.2. The van der Waals surface area contributed by atoms with Crippen LogP contribution in [0.4, 0.5) is 5.69 Å². The minimum atomic E-state index is -0.545. The molecule has 0 saturated carbocycles. The van der Waals surface area contributed by atoms with Gasteiger partial charge in [-0.05, 0) is 30.3 Å². The fourth-order valence-electron chi connectivity index (χ4n) is 2.46. The van der Waals surface area contributed by atoms with E-state index in [2.05, 4.69) is 5.32 Å². The van der Waals surface area contributed by atoms with Gasteiger partial charge in [-0.3, -0.25) is 10.2 Å². The van der Waals surface area contributed by atoms with Gasteiger partial charge in [-0.2, -0.15) is 0 Å². The Hall–Kier alpha value is -2.79. The number of amides is 1. The molecule has 3 N–H and O–H groups in total. The van der Waals surface area contributed by atoms with E-state index in [-0.39, 0.29) is 16.8 Å². The number of aryl methyl sites for hydroxylation is 1. The number of nitrogens with zero attached hydrogens (tertiary/aromatic N) is 1. The number of nitrogens with one attached hydrogen (secondary N) is 2. The summed E-state index contributed by atoms with van der Waals surface area (Å²) < 4.78 is 1.53. The predicted molar refractivity (Wildman–Crippen MR) is 89.8 cm³/mol. The summed E-state index contributed by atoms with van der Waals surface area (Å²) in [6, 6.07) is 13.8. The zero-order valence-electron chi connectivity index (χ0n) is 12.3. The van der Waals surface area contributed by atoms with Crippen LogP contribution in [-0.4, -0.2) is 15.6 Å². The van der Waals surface area contributed by atoms with Crippen LogP contribution < -0.4 is 10.8 Å². The first-order valence-corrected chi connectivity index (χ1v) is 7.29. The maximum absolute atomic E-state index is 12.5. The van der Waals surface area contributed by atoms with Gasteiger partial charge in [-0.25, -0.2) is 0 Å². The third kappa shape index (κ3) is 2.66. The number of hydrogen-bond donors (Lipinski definition) is 3. The number of carbonyl (C=O) groups is 1. The van der Waals surface area contributed by atoms with E-state index in [1.807, 2.05) is 6.07 Å². The van der Waals surface area contributed by atoms with Crippen molar-refractivity contribution >= 4 is 34.1 Å². The summed E-state index contributed by atoms with van der Waals surface area (Å²) in [6.45, 7) is 0. The SMILES string of the molecule is Cn1c(=N)c(C(=O)Nc2ccccc2)c(O)c2cc(Cl)ccc21. The second kappa shape index (κ2) is 5.78. The van der Waals surface area contributed by atoms with Gasteiger partial charge >= 0.3 is 0 Å². The molecular weight excluding hydrogens is 314 g/mol. The molecule has 23 heavy (non-hydrogen) atoms. The maximum Gasteiger partial charge on any atom is 0.263 e. The Bertz CT molecular complexity index is 965. The van der Waals surface area contributed by atoms with Crippen molar-refractivity contribution in [2.45, 2.75) is 0 Å². The average molecular weight is 328 g/mol. The second-order valence-corrected chi connectivity index (χ2v) is 5.55. The number of hydrogen-bond acceptors (Lipinski definition) is 3. The minimum absolute atomic E-state index is 0.0780. The van der Waals surface area contributed by atoms with Gasteiger partial charge in [0.05, 0.1) is 5.52 Å². The zero-order chi connectivity index (χ0) is 16.6. The van der Waals surface area contributed by atoms with Crippen molar-refractivity contribution in [3.05, 3.63) is 64.6 Å². The van der Waals surface area contributed by atoms with Crippen LogP contribution in [0.25, 0.3) is 10.9 Å². The molecule has 1 aromatic heterocycles. The topological polar surface area (TPSA) is 78.1 Å². The second-order valence-electron chi connectivity index (χ2n) is 5.11. The van der Waals surface area contributed by atoms with Gasteiger partial charge in [-0.1, -0.05) is 29.8 Å². The Kier molecular flexibility index (Phi) is 3.80. The molecule has 5 nitrogen and oxygen atoms in total. The number of pyridine rings is 1. The molecule has 6 heteroatoms. The third-order valence-electron chi connectivity index (χ3n) is 3.64. The van der Waals surface area contributed by atoms with Gasteiger partial charge in [0.1, 0.15) is 16.8 Å². The quantitative estimate of drug-likeness (QED) is 0.675. The summed E-state index contributed by atoms with van der Waals surface area (Å²) in [5.41, 5.74) is 1.04. The molecule has 0 unspecified atom stereocenters. The van der Waals surface area contributed by atoms with Crippen molar-refractivity contribution in [2.75, 3.05) is 5.32 Å². The largest absolute Gasteiger partial charge is 0.506 e. The van der Waals surface area contributed by atoms with E-state index >= 15 is 0 Å². The van der Waals surface area contributed by atoms with E-state index in [1.54, 1.807) is 49.5 Å². The highest BCUT2D eigenvalue weighted by molar-refractivity contribution is 6.31. The Morgan fingerprint density at radius 2 is 1.91 bits per heavy atom. The van der Waals surface area contributed by atoms with Crippen LogP contribution in [0.1, 0.15) is 10.4 Å². The van der Waals surface area contributed by atoms with Crippen molar-refractivity contribution < 1.29 is 9.90 Å². The molecule has 1 amide bonds. The molecule has 3 aromatic rings. The lowest BCUT2D eigenvalue weighted by Gasteiger charge is -2.13. The van der Waals surface area contributed by atoms with Gasteiger partial charge in [0, 0.05) is 23.1 Å². The van der Waals surface area contributed by atoms with Gasteiger partial charge < -0.3 is 15.0 Å². The van der Waals surface area contributed by atoms with E-state index < -0.39 is 5.91 Å². The van der Waals surface area contributed by atoms with Crippen molar-refractivity contribution in [1.82, 2.24) is 4.57 Å². The summed E-state index contributed by atoms with van der Waals surface area (Å²) >= 11 is 5.98. The number of fused-ring (bicyclic) bond motifs is 1. The van der Waals surface area contributed by atoms with E-state index in [9.17, 15) is 9.90 Å². The van der Waals surface area contributed by atoms with Crippen LogP contribution in [0, 0.1) is 5.41 Å². The van der Waals surface area contributed by atoms with Crippen LogP contribution in [0.3, 0.4) is 0 Å². The van der Waals surface area contributed by atoms with Crippen LogP contribution in [0.2, 0.25) is 5.02 Å². The number of rotatable bonds is 2. The molecule has 0 saturated heterocycles. The van der Waals surface area contributed by atoms with Crippen LogP contribution in [-0.2, 0) is 7.05 Å². The maximum atomic E-state index is 12.5. The normalized spacial score (nSPS) is 10.7. The van der Waals surface area contributed by atoms with Crippen LogP contribution in [0.15, 0.2) is 48.5 Å². The molecule has 116 valence electrons. The lowest BCUT2D eigenvalue weighted by Crippen LogP contribution is -2.28. The standard InChI is InChI=1S/C17H14ClN3O2/c1-21-13-8-7-10(18)9-12(13)15(22)14(16(21)19)17(23)20-11-5-3-2-4-6-11/h2-9,19,22H,1H3,(H,20,23). The highest BCUT2D eigenvalue weighted by atomic mass is 35.5. The van der Waals surface area contributed by atoms with Gasteiger partial charge in [0.2, 0.25) is 0 Å². The van der Waals surface area contributed by atoms with Gasteiger partial charge in [0.25, 0.3) is 5.91 Å². The molecule has 2 aromatic carbocycles. The molecule has 3 rings (SSSR count). The van der Waals surface area contributed by atoms with E-state index in [0.29, 0.717) is 21.6 Å². The van der Waals surface area contributed by atoms with Crippen LogP contribution in [0.5, 0.6) is 5.75 Å². The van der Waals surface area contributed by atoms with E-state index in [1.165, 1.54) is 4.57 Å². The lowest BCUT2D eigenvalue weighted by atomic mass is 10.1. The summed E-state index contributed by atoms with van der Waals surface area (Å²) in [6.07, 6.45) is 0. The smallest absolute Gasteiger partial charge is 0.263 e. The fraction of sp³-hybridized carbons (Fsp3) is 0.0588. The number of aromatic hydroxyl groups is 1. The first-order valence-electron chi connectivity index (χ1n) is 6.91. The molecule has 0 bridgehead atoms. The van der Waals surface area contributed by atoms with Gasteiger partial charge in [-0.15, -0.1) is 0 Å². The molecule has 0 radical (unpaired) electrons.